The van der Waals surface area contributed by atoms with Gasteiger partial charge in [-0.1, -0.05) is 24.3 Å². The van der Waals surface area contributed by atoms with Crippen molar-refractivity contribution in [3.63, 3.8) is 0 Å². The molecule has 148 valence electrons. The molecule has 0 spiro atoms. The smallest absolute Gasteiger partial charge is 0.187 e. The van der Waals surface area contributed by atoms with Crippen LogP contribution in [0, 0.1) is 0 Å². The zero-order chi connectivity index (χ0) is 20.0. The van der Waals surface area contributed by atoms with Crippen LogP contribution >= 0.6 is 0 Å². The average Bonchev–Trinajstić information content (AvgIpc) is 3.38. The van der Waals surface area contributed by atoms with Crippen molar-refractivity contribution >= 4 is 16.6 Å². The zero-order valence-corrected chi connectivity index (χ0v) is 16.6. The third-order valence-electron chi connectivity index (χ3n) is 5.84. The molecule has 1 saturated heterocycles. The van der Waals surface area contributed by atoms with E-state index >= 15 is 0 Å². The first-order valence-electron chi connectivity index (χ1n) is 9.92. The van der Waals surface area contributed by atoms with Crippen LogP contribution < -0.4 is 10.5 Å². The van der Waals surface area contributed by atoms with Gasteiger partial charge in [-0.25, -0.2) is 4.98 Å². The second-order valence-electron chi connectivity index (χ2n) is 7.66. The van der Waals surface area contributed by atoms with Crippen LogP contribution in [0.4, 0.5) is 0 Å². The summed E-state index contributed by atoms with van der Waals surface area (Å²) in [5.74, 6) is 1.47. The molecule has 4 aromatic rings. The largest absolute Gasteiger partial charge is 0.494 e. The highest BCUT2D eigenvalue weighted by atomic mass is 16.5. The zero-order valence-electron chi connectivity index (χ0n) is 16.6. The van der Waals surface area contributed by atoms with Crippen LogP contribution in [0.15, 0.2) is 48.7 Å². The Bertz CT molecular complexity index is 1190. The number of para-hydroxylation sites is 1. The molecular formula is C22H24N6O. The summed E-state index contributed by atoms with van der Waals surface area (Å²) in [7, 11) is 1.66. The number of ether oxygens (including phenoxy) is 1. The van der Waals surface area contributed by atoms with E-state index in [0.717, 1.165) is 53.3 Å². The van der Waals surface area contributed by atoms with Gasteiger partial charge in [0.1, 0.15) is 17.0 Å². The fourth-order valence-corrected chi connectivity index (χ4v) is 4.12. The monoisotopic (exact) mass is 388 g/mol. The number of pyridine rings is 2. The van der Waals surface area contributed by atoms with Crippen molar-refractivity contribution in [1.82, 2.24) is 24.5 Å². The molecule has 1 fully saturated rings. The van der Waals surface area contributed by atoms with E-state index in [1.165, 1.54) is 5.56 Å². The Morgan fingerprint density at radius 2 is 2.03 bits per heavy atom. The van der Waals surface area contributed by atoms with Crippen molar-refractivity contribution in [2.24, 2.45) is 5.73 Å². The van der Waals surface area contributed by atoms with Crippen molar-refractivity contribution in [3.8, 4) is 17.3 Å². The quantitative estimate of drug-likeness (QED) is 0.579. The predicted octanol–water partition coefficient (Wildman–Crippen LogP) is 3.05. The van der Waals surface area contributed by atoms with E-state index < -0.39 is 0 Å². The van der Waals surface area contributed by atoms with Crippen molar-refractivity contribution in [2.45, 2.75) is 25.4 Å². The second-order valence-corrected chi connectivity index (χ2v) is 7.66. The molecule has 0 aliphatic carbocycles. The third kappa shape index (κ3) is 3.12. The number of likely N-dealkylation sites (tertiary alicyclic amines) is 1. The molecule has 4 heterocycles. The summed E-state index contributed by atoms with van der Waals surface area (Å²) < 4.78 is 7.50. The topological polar surface area (TPSA) is 81.6 Å². The maximum Gasteiger partial charge on any atom is 0.187 e. The first-order valence-corrected chi connectivity index (χ1v) is 9.92. The van der Waals surface area contributed by atoms with Gasteiger partial charge >= 0.3 is 0 Å². The lowest BCUT2D eigenvalue weighted by Gasteiger charge is -2.24. The van der Waals surface area contributed by atoms with Gasteiger partial charge < -0.3 is 10.5 Å². The van der Waals surface area contributed by atoms with Gasteiger partial charge in [-0.2, -0.15) is 0 Å². The first-order chi connectivity index (χ1) is 14.1. The third-order valence-corrected chi connectivity index (χ3v) is 5.84. The van der Waals surface area contributed by atoms with Crippen LogP contribution in [0.3, 0.4) is 0 Å². The summed E-state index contributed by atoms with van der Waals surface area (Å²) in [6, 6.07) is 14.6. The Morgan fingerprint density at radius 1 is 1.14 bits per heavy atom. The lowest BCUT2D eigenvalue weighted by atomic mass is 10.1. The Hall–Kier alpha value is -3.03. The summed E-state index contributed by atoms with van der Waals surface area (Å²) in [5.41, 5.74) is 9.70. The SMILES string of the molecule is COc1cccc2ccc(-c3nnc4ccc(C(C)N5CC[C@H](N)C5)cn34)nc12. The molecule has 7 nitrogen and oxygen atoms in total. The number of benzene rings is 1. The van der Waals surface area contributed by atoms with Crippen LogP contribution in [0.25, 0.3) is 28.1 Å². The molecule has 1 aromatic carbocycles. The van der Waals surface area contributed by atoms with Gasteiger partial charge in [0.15, 0.2) is 11.5 Å². The average molecular weight is 388 g/mol. The molecule has 0 bridgehead atoms. The molecule has 5 rings (SSSR count). The summed E-state index contributed by atoms with van der Waals surface area (Å²) in [4.78, 5) is 7.25. The minimum Gasteiger partial charge on any atom is -0.494 e. The molecule has 1 aliphatic heterocycles. The Balaban J connectivity index is 1.58. The number of nitrogens with two attached hydrogens (primary N) is 1. The molecule has 2 N–H and O–H groups in total. The number of nitrogens with zero attached hydrogens (tertiary/aromatic N) is 5. The van der Waals surface area contributed by atoms with Crippen molar-refractivity contribution in [1.29, 1.82) is 0 Å². The highest BCUT2D eigenvalue weighted by molar-refractivity contribution is 5.86. The van der Waals surface area contributed by atoms with Crippen LogP contribution in [-0.2, 0) is 0 Å². The van der Waals surface area contributed by atoms with Gasteiger partial charge in [-0.05, 0) is 37.1 Å². The second kappa shape index (κ2) is 7.09. The summed E-state index contributed by atoms with van der Waals surface area (Å²) in [6.07, 6.45) is 3.17. The van der Waals surface area contributed by atoms with E-state index in [4.69, 9.17) is 15.5 Å². The van der Waals surface area contributed by atoms with Gasteiger partial charge in [0.25, 0.3) is 0 Å². The van der Waals surface area contributed by atoms with E-state index in [0.29, 0.717) is 0 Å². The molecule has 1 aliphatic rings. The standard InChI is InChI=1S/C22H24N6O/c1-14(27-11-10-17(23)13-27)16-7-9-20-25-26-22(28(20)12-16)18-8-6-15-4-3-5-19(29-2)21(15)24-18/h3-9,12,14,17H,10-11,13,23H2,1-2H3/t14?,17-/m0/s1. The molecule has 0 saturated carbocycles. The normalized spacial score (nSPS) is 18.5. The van der Waals surface area contributed by atoms with Gasteiger partial charge in [-0.15, -0.1) is 10.2 Å². The van der Waals surface area contributed by atoms with E-state index in [1.54, 1.807) is 7.11 Å². The Morgan fingerprint density at radius 3 is 2.83 bits per heavy atom. The van der Waals surface area contributed by atoms with Crippen LogP contribution in [0.1, 0.15) is 24.9 Å². The van der Waals surface area contributed by atoms with Crippen LogP contribution in [0.5, 0.6) is 5.75 Å². The van der Waals surface area contributed by atoms with Crippen LogP contribution in [0.2, 0.25) is 0 Å². The first kappa shape index (κ1) is 18.0. The molecule has 0 radical (unpaired) electrons. The maximum absolute atomic E-state index is 6.10. The van der Waals surface area contributed by atoms with E-state index in [2.05, 4.69) is 34.3 Å². The molecular weight excluding hydrogens is 364 g/mol. The maximum atomic E-state index is 6.10. The van der Waals surface area contributed by atoms with Gasteiger partial charge in [0.2, 0.25) is 0 Å². The number of hydrogen-bond acceptors (Lipinski definition) is 6. The summed E-state index contributed by atoms with van der Waals surface area (Å²) >= 11 is 0. The van der Waals surface area contributed by atoms with Crippen molar-refractivity contribution in [3.05, 3.63) is 54.2 Å². The number of methoxy groups -OCH3 is 1. The number of rotatable bonds is 4. The van der Waals surface area contributed by atoms with E-state index in [-0.39, 0.29) is 12.1 Å². The fraction of sp³-hybridized carbons (Fsp3) is 0.318. The molecule has 2 atom stereocenters. The Kier molecular flexibility index (Phi) is 4.41. The van der Waals surface area contributed by atoms with Gasteiger partial charge in [-0.3, -0.25) is 9.30 Å². The van der Waals surface area contributed by atoms with Crippen LogP contribution in [-0.4, -0.2) is 50.7 Å². The predicted molar refractivity (Wildman–Crippen MR) is 113 cm³/mol. The van der Waals surface area contributed by atoms with Crippen molar-refractivity contribution < 1.29 is 4.74 Å². The number of fused-ring (bicyclic) bond motifs is 2. The molecule has 7 heteroatoms. The lowest BCUT2D eigenvalue weighted by molar-refractivity contribution is 0.259. The highest BCUT2D eigenvalue weighted by Crippen LogP contribution is 2.28. The van der Waals surface area contributed by atoms with Gasteiger partial charge in [0, 0.05) is 36.8 Å². The summed E-state index contributed by atoms with van der Waals surface area (Å²) in [5, 5.41) is 9.78. The van der Waals surface area contributed by atoms with Gasteiger partial charge in [0.05, 0.1) is 7.11 Å². The minimum atomic E-state index is 0.267. The van der Waals surface area contributed by atoms with E-state index in [1.807, 2.05) is 40.8 Å². The lowest BCUT2D eigenvalue weighted by Crippen LogP contribution is -2.28. The summed E-state index contributed by atoms with van der Waals surface area (Å²) in [6.45, 7) is 4.18. The van der Waals surface area contributed by atoms with Crippen molar-refractivity contribution in [2.75, 3.05) is 20.2 Å². The molecule has 1 unspecified atom stereocenters. The van der Waals surface area contributed by atoms with E-state index in [9.17, 15) is 0 Å². The highest BCUT2D eigenvalue weighted by Gasteiger charge is 2.25. The minimum absolute atomic E-state index is 0.267. The molecule has 0 amide bonds. The molecule has 29 heavy (non-hydrogen) atoms. The molecule has 3 aromatic heterocycles. The number of aromatic nitrogens is 4. The fourth-order valence-electron chi connectivity index (χ4n) is 4.12. The number of hydrogen-bond donors (Lipinski definition) is 1. The Labute approximate surface area is 169 Å².